The predicted octanol–water partition coefficient (Wildman–Crippen LogP) is 1.05. The highest BCUT2D eigenvalue weighted by atomic mass is 16.3. The molecular formula is C17H17N5O3. The SMILES string of the molecule is C[C@H]1[C@@H](O)CN1C(=O)c1coc(Cc2ccc(-n3ccnc3)cn2)n1. The fraction of sp³-hybridized carbons (Fsp3) is 0.294. The lowest BCUT2D eigenvalue weighted by molar-refractivity contribution is -0.0360. The van der Waals surface area contributed by atoms with E-state index in [1.54, 1.807) is 30.5 Å². The lowest BCUT2D eigenvalue weighted by Crippen LogP contribution is -2.60. The van der Waals surface area contributed by atoms with Crippen molar-refractivity contribution in [3.63, 3.8) is 0 Å². The molecule has 1 saturated heterocycles. The van der Waals surface area contributed by atoms with E-state index >= 15 is 0 Å². The summed E-state index contributed by atoms with van der Waals surface area (Å²) in [4.78, 5) is 26.5. The van der Waals surface area contributed by atoms with E-state index in [1.165, 1.54) is 6.26 Å². The van der Waals surface area contributed by atoms with Crippen LogP contribution in [0.25, 0.3) is 5.69 Å². The average molecular weight is 339 g/mol. The Bertz CT molecular complexity index is 872. The summed E-state index contributed by atoms with van der Waals surface area (Å²) >= 11 is 0. The van der Waals surface area contributed by atoms with Crippen molar-refractivity contribution >= 4 is 5.91 Å². The number of hydrogen-bond donors (Lipinski definition) is 1. The second-order valence-corrected chi connectivity index (χ2v) is 6.05. The Morgan fingerprint density at radius 1 is 1.44 bits per heavy atom. The summed E-state index contributed by atoms with van der Waals surface area (Å²) in [6, 6.07) is 3.63. The van der Waals surface area contributed by atoms with Crippen LogP contribution in [-0.4, -0.2) is 54.1 Å². The van der Waals surface area contributed by atoms with Gasteiger partial charge in [0.25, 0.3) is 5.91 Å². The molecule has 4 rings (SSSR count). The first kappa shape index (κ1) is 15.5. The molecule has 128 valence electrons. The molecule has 1 aliphatic rings. The molecule has 1 aliphatic heterocycles. The monoisotopic (exact) mass is 339 g/mol. The van der Waals surface area contributed by atoms with Crippen molar-refractivity contribution in [2.24, 2.45) is 0 Å². The number of hydrogen-bond acceptors (Lipinski definition) is 6. The normalized spacial score (nSPS) is 19.7. The van der Waals surface area contributed by atoms with Gasteiger partial charge in [-0.05, 0) is 19.1 Å². The van der Waals surface area contributed by atoms with E-state index in [4.69, 9.17) is 4.42 Å². The molecule has 0 spiro atoms. The van der Waals surface area contributed by atoms with Gasteiger partial charge >= 0.3 is 0 Å². The topological polar surface area (TPSA) is 97.3 Å². The number of amides is 1. The van der Waals surface area contributed by atoms with Crippen LogP contribution >= 0.6 is 0 Å². The molecule has 3 aromatic rings. The predicted molar refractivity (Wildman–Crippen MR) is 87.2 cm³/mol. The van der Waals surface area contributed by atoms with E-state index in [0.717, 1.165) is 11.4 Å². The summed E-state index contributed by atoms with van der Waals surface area (Å²) in [5.74, 6) is 0.205. The molecule has 0 aliphatic carbocycles. The molecule has 1 amide bonds. The molecular weight excluding hydrogens is 322 g/mol. The number of carbonyl (C=O) groups excluding carboxylic acids is 1. The van der Waals surface area contributed by atoms with Crippen LogP contribution in [0.2, 0.25) is 0 Å². The van der Waals surface area contributed by atoms with Crippen LogP contribution in [0, 0.1) is 0 Å². The molecule has 0 bridgehead atoms. The zero-order chi connectivity index (χ0) is 17.4. The fourth-order valence-electron chi connectivity index (χ4n) is 2.74. The number of imidazole rings is 1. The summed E-state index contributed by atoms with van der Waals surface area (Å²) in [6.45, 7) is 2.14. The van der Waals surface area contributed by atoms with Crippen LogP contribution in [0.5, 0.6) is 0 Å². The molecule has 8 nitrogen and oxygen atoms in total. The summed E-state index contributed by atoms with van der Waals surface area (Å²) < 4.78 is 7.26. The van der Waals surface area contributed by atoms with Gasteiger partial charge in [0.2, 0.25) is 5.89 Å². The largest absolute Gasteiger partial charge is 0.448 e. The van der Waals surface area contributed by atoms with Crippen LogP contribution in [0.15, 0.2) is 47.7 Å². The molecule has 0 unspecified atom stereocenters. The van der Waals surface area contributed by atoms with Gasteiger partial charge in [0.15, 0.2) is 5.69 Å². The highest BCUT2D eigenvalue weighted by molar-refractivity contribution is 5.92. The number of carbonyl (C=O) groups is 1. The molecule has 3 aromatic heterocycles. The third kappa shape index (κ3) is 2.91. The number of aliphatic hydroxyl groups is 1. The van der Waals surface area contributed by atoms with Crippen molar-refractivity contribution < 1.29 is 14.3 Å². The quantitative estimate of drug-likeness (QED) is 0.763. The van der Waals surface area contributed by atoms with E-state index < -0.39 is 6.10 Å². The molecule has 4 heterocycles. The Kier molecular flexibility index (Phi) is 3.81. The van der Waals surface area contributed by atoms with Crippen LogP contribution in [0.4, 0.5) is 0 Å². The van der Waals surface area contributed by atoms with Crippen molar-refractivity contribution in [1.82, 2.24) is 24.4 Å². The van der Waals surface area contributed by atoms with Gasteiger partial charge in [-0.3, -0.25) is 9.78 Å². The molecule has 1 fully saturated rings. The molecule has 1 N–H and O–H groups in total. The van der Waals surface area contributed by atoms with Crippen molar-refractivity contribution in [1.29, 1.82) is 0 Å². The van der Waals surface area contributed by atoms with Crippen LogP contribution in [0.1, 0.15) is 29.0 Å². The van der Waals surface area contributed by atoms with Gasteiger partial charge in [0.1, 0.15) is 6.26 Å². The smallest absolute Gasteiger partial charge is 0.276 e. The van der Waals surface area contributed by atoms with E-state index in [2.05, 4.69) is 15.0 Å². The number of rotatable bonds is 4. The minimum Gasteiger partial charge on any atom is -0.448 e. The van der Waals surface area contributed by atoms with E-state index in [9.17, 15) is 9.90 Å². The highest BCUT2D eigenvalue weighted by Gasteiger charge is 2.38. The van der Waals surface area contributed by atoms with E-state index in [1.807, 2.05) is 22.9 Å². The number of oxazole rings is 1. The van der Waals surface area contributed by atoms with Gasteiger partial charge in [0, 0.05) is 24.6 Å². The van der Waals surface area contributed by atoms with Crippen molar-refractivity contribution in [2.45, 2.75) is 25.5 Å². The fourth-order valence-corrected chi connectivity index (χ4v) is 2.74. The standard InChI is InChI=1S/C17H17N5O3/c1-11-15(23)8-22(11)17(24)14-9-25-16(20-14)6-12-2-3-13(7-19-12)21-5-4-18-10-21/h2-5,7,9-11,15,23H,6,8H2,1H3/t11-,15-/m0/s1. The molecule has 0 saturated carbocycles. The number of β-amino-alcohol motifs (C(OH)–C–C–N with tert-alkyl or cyclic N) is 1. The Balaban J connectivity index is 1.43. The second-order valence-electron chi connectivity index (χ2n) is 6.05. The molecule has 0 radical (unpaired) electrons. The van der Waals surface area contributed by atoms with E-state index in [0.29, 0.717) is 18.9 Å². The van der Waals surface area contributed by atoms with Gasteiger partial charge in [-0.1, -0.05) is 0 Å². The van der Waals surface area contributed by atoms with E-state index in [-0.39, 0.29) is 17.6 Å². The summed E-state index contributed by atoms with van der Waals surface area (Å²) in [5, 5.41) is 9.52. The highest BCUT2D eigenvalue weighted by Crippen LogP contribution is 2.21. The lowest BCUT2D eigenvalue weighted by Gasteiger charge is -2.42. The number of aliphatic hydroxyl groups excluding tert-OH is 1. The van der Waals surface area contributed by atoms with Crippen LogP contribution in [-0.2, 0) is 6.42 Å². The third-order valence-corrected chi connectivity index (χ3v) is 4.41. The number of aromatic nitrogens is 4. The van der Waals surface area contributed by atoms with Gasteiger partial charge < -0.3 is 19.0 Å². The first-order valence-corrected chi connectivity index (χ1v) is 7.98. The maximum Gasteiger partial charge on any atom is 0.276 e. The first-order chi connectivity index (χ1) is 12.1. The molecule has 0 aromatic carbocycles. The Morgan fingerprint density at radius 3 is 2.96 bits per heavy atom. The number of likely N-dealkylation sites (tertiary alicyclic amines) is 1. The Hall–Kier alpha value is -3.00. The van der Waals surface area contributed by atoms with Gasteiger partial charge in [-0.2, -0.15) is 0 Å². The van der Waals surface area contributed by atoms with Crippen molar-refractivity contribution in [2.75, 3.05) is 6.54 Å². The first-order valence-electron chi connectivity index (χ1n) is 7.98. The third-order valence-electron chi connectivity index (χ3n) is 4.41. The number of nitrogens with zero attached hydrogens (tertiary/aromatic N) is 5. The average Bonchev–Trinajstić information content (AvgIpc) is 3.31. The maximum atomic E-state index is 12.3. The Labute approximate surface area is 143 Å². The van der Waals surface area contributed by atoms with Crippen LogP contribution in [0.3, 0.4) is 0 Å². The lowest BCUT2D eigenvalue weighted by atomic mass is 10.0. The zero-order valence-corrected chi connectivity index (χ0v) is 13.6. The second kappa shape index (κ2) is 6.14. The van der Waals surface area contributed by atoms with Gasteiger partial charge in [-0.15, -0.1) is 0 Å². The number of pyridine rings is 1. The molecule has 2 atom stereocenters. The Morgan fingerprint density at radius 2 is 2.32 bits per heavy atom. The van der Waals surface area contributed by atoms with Crippen LogP contribution < -0.4 is 0 Å². The summed E-state index contributed by atoms with van der Waals surface area (Å²) in [6.07, 6.45) is 8.29. The molecule has 8 heteroatoms. The summed E-state index contributed by atoms with van der Waals surface area (Å²) in [5.41, 5.74) is 1.95. The van der Waals surface area contributed by atoms with Gasteiger partial charge in [-0.25, -0.2) is 9.97 Å². The summed E-state index contributed by atoms with van der Waals surface area (Å²) in [7, 11) is 0. The van der Waals surface area contributed by atoms with Crippen molar-refractivity contribution in [3.8, 4) is 5.69 Å². The molecule has 25 heavy (non-hydrogen) atoms. The van der Waals surface area contributed by atoms with Crippen molar-refractivity contribution in [3.05, 3.63) is 60.6 Å². The minimum atomic E-state index is -0.464. The zero-order valence-electron chi connectivity index (χ0n) is 13.6. The van der Waals surface area contributed by atoms with Gasteiger partial charge in [0.05, 0.1) is 36.8 Å². The maximum absolute atomic E-state index is 12.3. The minimum absolute atomic E-state index is 0.190.